The van der Waals surface area contributed by atoms with E-state index in [1.165, 1.54) is 11.3 Å². The third kappa shape index (κ3) is 1.95. The average molecular weight is 373 g/mol. The lowest BCUT2D eigenvalue weighted by molar-refractivity contribution is 0.101. The second kappa shape index (κ2) is 4.93. The number of nitrogens with one attached hydrogen (secondary N) is 1. The molecule has 2 aromatic heterocycles. The summed E-state index contributed by atoms with van der Waals surface area (Å²) >= 11 is 4.87. The first kappa shape index (κ1) is 13.5. The minimum Gasteiger partial charge on any atom is -0.494 e. The van der Waals surface area contributed by atoms with Gasteiger partial charge in [-0.15, -0.1) is 11.3 Å². The fraction of sp³-hybridized carbons (Fsp3) is 0. The molecule has 0 atom stereocenters. The van der Waals surface area contributed by atoms with Gasteiger partial charge < -0.3 is 10.1 Å². The summed E-state index contributed by atoms with van der Waals surface area (Å²) in [6.07, 6.45) is 0. The highest BCUT2D eigenvalue weighted by molar-refractivity contribution is 9.10. The maximum Gasteiger partial charge on any atom is 0.280 e. The van der Waals surface area contributed by atoms with Crippen molar-refractivity contribution in [2.24, 2.45) is 4.99 Å². The van der Waals surface area contributed by atoms with E-state index in [0.717, 1.165) is 14.9 Å². The number of aliphatic imine (C=N–C) groups is 1. The smallest absolute Gasteiger partial charge is 0.280 e. The molecule has 0 unspecified atom stereocenters. The van der Waals surface area contributed by atoms with E-state index in [9.17, 15) is 9.90 Å². The van der Waals surface area contributed by atoms with Gasteiger partial charge >= 0.3 is 0 Å². The van der Waals surface area contributed by atoms with Crippen molar-refractivity contribution in [3.8, 4) is 17.1 Å². The monoisotopic (exact) mass is 372 g/mol. The van der Waals surface area contributed by atoms with Gasteiger partial charge in [-0.2, -0.15) is 0 Å². The predicted molar refractivity (Wildman–Crippen MR) is 89.9 cm³/mol. The van der Waals surface area contributed by atoms with E-state index in [2.05, 4.69) is 25.9 Å². The van der Waals surface area contributed by atoms with Crippen LogP contribution in [-0.4, -0.2) is 21.7 Å². The lowest BCUT2D eigenvalue weighted by Crippen LogP contribution is -1.96. The SMILES string of the molecule is O=C1N=C(c2cccs2)c2c(O)[nH]c(-c3ccc(Br)cc3)c21. The Kier molecular flexibility index (Phi) is 3.02. The Bertz CT molecular complexity index is 909. The van der Waals surface area contributed by atoms with Crippen LogP contribution in [0.15, 0.2) is 51.2 Å². The quantitative estimate of drug-likeness (QED) is 0.707. The minimum atomic E-state index is -0.326. The highest BCUT2D eigenvalue weighted by Crippen LogP contribution is 2.38. The summed E-state index contributed by atoms with van der Waals surface area (Å²) in [4.78, 5) is 20.2. The summed E-state index contributed by atoms with van der Waals surface area (Å²) in [5.74, 6) is -0.348. The number of nitrogens with zero attached hydrogens (tertiary/aromatic N) is 1. The molecule has 1 aliphatic rings. The van der Waals surface area contributed by atoms with E-state index in [1.807, 2.05) is 41.8 Å². The van der Waals surface area contributed by atoms with Crippen LogP contribution < -0.4 is 0 Å². The topological polar surface area (TPSA) is 65.4 Å². The number of rotatable bonds is 2. The molecule has 6 heteroatoms. The Hall–Kier alpha value is -2.18. The first-order chi connectivity index (χ1) is 10.6. The van der Waals surface area contributed by atoms with E-state index < -0.39 is 0 Å². The lowest BCUT2D eigenvalue weighted by atomic mass is 10.0. The molecule has 0 radical (unpaired) electrons. The number of aromatic nitrogens is 1. The Balaban J connectivity index is 1.91. The standard InChI is InChI=1S/C16H9BrN2O2S/c17-9-5-3-8(4-6-9)13-11-12(16(21)18-13)14(19-15(11)20)10-2-1-7-22-10/h1-7,18,21H. The molecule has 0 saturated carbocycles. The number of hydrogen-bond acceptors (Lipinski definition) is 3. The molecule has 0 spiro atoms. The van der Waals surface area contributed by atoms with Gasteiger partial charge in [0, 0.05) is 4.47 Å². The number of aromatic amines is 1. The molecule has 1 aliphatic heterocycles. The number of amides is 1. The molecule has 0 bridgehead atoms. The van der Waals surface area contributed by atoms with Gasteiger partial charge in [0.05, 0.1) is 27.4 Å². The number of benzene rings is 1. The van der Waals surface area contributed by atoms with Crippen LogP contribution in [0.2, 0.25) is 0 Å². The predicted octanol–water partition coefficient (Wildman–Crippen LogP) is 4.20. The van der Waals surface area contributed by atoms with Gasteiger partial charge in [0.25, 0.3) is 5.91 Å². The molecule has 3 heterocycles. The number of halogens is 1. The average Bonchev–Trinajstić information content (AvgIpc) is 3.19. The van der Waals surface area contributed by atoms with E-state index in [0.29, 0.717) is 22.5 Å². The van der Waals surface area contributed by atoms with Crippen molar-refractivity contribution in [3.05, 3.63) is 62.3 Å². The van der Waals surface area contributed by atoms with Crippen LogP contribution in [0.4, 0.5) is 0 Å². The van der Waals surface area contributed by atoms with Gasteiger partial charge in [-0.1, -0.05) is 34.1 Å². The molecular formula is C16H9BrN2O2S. The van der Waals surface area contributed by atoms with Gasteiger partial charge in [-0.25, -0.2) is 4.99 Å². The van der Waals surface area contributed by atoms with E-state index in [4.69, 9.17) is 0 Å². The zero-order chi connectivity index (χ0) is 15.3. The molecule has 22 heavy (non-hydrogen) atoms. The van der Waals surface area contributed by atoms with Gasteiger partial charge in [0.15, 0.2) is 5.88 Å². The van der Waals surface area contributed by atoms with Crippen LogP contribution in [0.3, 0.4) is 0 Å². The molecule has 1 amide bonds. The molecule has 3 aromatic rings. The van der Waals surface area contributed by atoms with Gasteiger partial charge in [0.1, 0.15) is 0 Å². The number of carbonyl (C=O) groups is 1. The molecule has 108 valence electrons. The molecule has 0 aliphatic carbocycles. The van der Waals surface area contributed by atoms with Crippen molar-refractivity contribution < 1.29 is 9.90 Å². The Labute approximate surface area is 138 Å². The lowest BCUT2D eigenvalue weighted by Gasteiger charge is -2.00. The van der Waals surface area contributed by atoms with Gasteiger partial charge in [0.2, 0.25) is 0 Å². The van der Waals surface area contributed by atoms with Crippen LogP contribution in [0.1, 0.15) is 20.8 Å². The number of thiophene rings is 1. The molecule has 0 saturated heterocycles. The van der Waals surface area contributed by atoms with Crippen molar-refractivity contribution >= 4 is 38.9 Å². The van der Waals surface area contributed by atoms with E-state index >= 15 is 0 Å². The zero-order valence-electron chi connectivity index (χ0n) is 11.1. The summed E-state index contributed by atoms with van der Waals surface area (Å²) in [6.45, 7) is 0. The summed E-state index contributed by atoms with van der Waals surface area (Å²) in [5.41, 5.74) is 2.89. The van der Waals surface area contributed by atoms with Crippen LogP contribution in [0.5, 0.6) is 5.88 Å². The second-order valence-corrected chi connectivity index (χ2v) is 6.71. The molecular weight excluding hydrogens is 364 g/mol. The number of H-pyrrole nitrogens is 1. The van der Waals surface area contributed by atoms with Crippen LogP contribution in [-0.2, 0) is 0 Å². The Morgan fingerprint density at radius 3 is 2.59 bits per heavy atom. The maximum absolute atomic E-state index is 12.3. The fourth-order valence-corrected chi connectivity index (χ4v) is 3.55. The Morgan fingerprint density at radius 2 is 1.91 bits per heavy atom. The van der Waals surface area contributed by atoms with Crippen LogP contribution >= 0.6 is 27.3 Å². The summed E-state index contributed by atoms with van der Waals surface area (Å²) in [5, 5.41) is 12.2. The van der Waals surface area contributed by atoms with E-state index in [1.54, 1.807) is 0 Å². The largest absolute Gasteiger partial charge is 0.494 e. The van der Waals surface area contributed by atoms with Gasteiger partial charge in [-0.05, 0) is 29.1 Å². The Morgan fingerprint density at radius 1 is 1.14 bits per heavy atom. The maximum atomic E-state index is 12.3. The first-order valence-electron chi connectivity index (χ1n) is 6.53. The van der Waals surface area contributed by atoms with Crippen molar-refractivity contribution in [2.75, 3.05) is 0 Å². The van der Waals surface area contributed by atoms with Crippen LogP contribution in [0.25, 0.3) is 11.3 Å². The van der Waals surface area contributed by atoms with Crippen LogP contribution in [0, 0.1) is 0 Å². The molecule has 4 rings (SSSR count). The molecule has 0 fully saturated rings. The van der Waals surface area contributed by atoms with Crippen molar-refractivity contribution in [3.63, 3.8) is 0 Å². The molecule has 2 N–H and O–H groups in total. The van der Waals surface area contributed by atoms with E-state index in [-0.39, 0.29) is 11.8 Å². The second-order valence-electron chi connectivity index (χ2n) is 4.85. The van der Waals surface area contributed by atoms with Crippen molar-refractivity contribution in [2.45, 2.75) is 0 Å². The van der Waals surface area contributed by atoms with Crippen molar-refractivity contribution in [1.29, 1.82) is 0 Å². The number of fused-ring (bicyclic) bond motifs is 1. The van der Waals surface area contributed by atoms with Crippen molar-refractivity contribution in [1.82, 2.24) is 4.98 Å². The summed E-state index contributed by atoms with van der Waals surface area (Å²) in [6, 6.07) is 11.3. The summed E-state index contributed by atoms with van der Waals surface area (Å²) < 4.78 is 0.950. The molecule has 4 nitrogen and oxygen atoms in total. The first-order valence-corrected chi connectivity index (χ1v) is 8.20. The third-order valence-corrected chi connectivity index (χ3v) is 4.94. The summed E-state index contributed by atoms with van der Waals surface area (Å²) in [7, 11) is 0. The number of hydrogen-bond donors (Lipinski definition) is 2. The normalized spacial score (nSPS) is 13.3. The zero-order valence-corrected chi connectivity index (χ0v) is 13.5. The fourth-order valence-electron chi connectivity index (χ4n) is 2.57. The third-order valence-electron chi connectivity index (χ3n) is 3.53. The highest BCUT2D eigenvalue weighted by atomic mass is 79.9. The molecule has 1 aromatic carbocycles. The van der Waals surface area contributed by atoms with Gasteiger partial charge in [-0.3, -0.25) is 4.79 Å². The number of carbonyl (C=O) groups excluding carboxylic acids is 1. The highest BCUT2D eigenvalue weighted by Gasteiger charge is 2.33. The number of aromatic hydroxyl groups is 1. The minimum absolute atomic E-state index is 0.0223.